The van der Waals surface area contributed by atoms with Crippen molar-refractivity contribution in [2.45, 2.75) is 25.5 Å². The molecule has 0 radical (unpaired) electrons. The van der Waals surface area contributed by atoms with Crippen molar-refractivity contribution in [3.05, 3.63) is 70.1 Å². The van der Waals surface area contributed by atoms with Gasteiger partial charge in [-0.1, -0.05) is 17.7 Å². The van der Waals surface area contributed by atoms with E-state index in [0.29, 0.717) is 52.1 Å². The Bertz CT molecular complexity index is 1350. The maximum atomic E-state index is 13.5. The van der Waals surface area contributed by atoms with Crippen molar-refractivity contribution in [3.8, 4) is 28.8 Å². The molecule has 1 fully saturated rings. The van der Waals surface area contributed by atoms with E-state index in [-0.39, 0.29) is 17.7 Å². The second-order valence-electron chi connectivity index (χ2n) is 7.66. The van der Waals surface area contributed by atoms with Crippen LogP contribution in [0.25, 0.3) is 22.4 Å². The highest BCUT2D eigenvalue weighted by Gasteiger charge is 2.21. The van der Waals surface area contributed by atoms with Crippen LogP contribution in [0.1, 0.15) is 12.8 Å². The fourth-order valence-corrected chi connectivity index (χ4v) is 3.98. The molecule has 8 nitrogen and oxygen atoms in total. The van der Waals surface area contributed by atoms with Crippen molar-refractivity contribution < 1.29 is 14.2 Å². The monoisotopic (exact) mass is 464 g/mol. The summed E-state index contributed by atoms with van der Waals surface area (Å²) in [4.78, 5) is 26.9. The van der Waals surface area contributed by atoms with E-state index in [2.05, 4.69) is 15.0 Å². The molecule has 2 aromatic carbocycles. The van der Waals surface area contributed by atoms with Gasteiger partial charge >= 0.3 is 6.01 Å². The molecule has 0 spiro atoms. The molecule has 0 aliphatic carbocycles. The summed E-state index contributed by atoms with van der Waals surface area (Å²) in [5.74, 6) is 1.20. The standard InChI is InChI=1S/C24H21ClN4O4/c1-31-17-9-7-15(8-10-17)21-23(30)29(14-19-6-3-11-32-19)22-20(27-21)13-26-24(28-22)33-18-5-2-4-16(25)12-18/h2,4-5,7-10,12-13,19H,3,6,11,14H2,1H3/t19-/m1/s1. The van der Waals surface area contributed by atoms with Gasteiger partial charge in [-0.3, -0.25) is 9.36 Å². The number of aromatic nitrogens is 4. The zero-order valence-electron chi connectivity index (χ0n) is 17.9. The molecular weight excluding hydrogens is 444 g/mol. The Kier molecular flexibility index (Phi) is 5.93. The van der Waals surface area contributed by atoms with Gasteiger partial charge in [-0.2, -0.15) is 4.98 Å². The Morgan fingerprint density at radius 1 is 1.15 bits per heavy atom. The van der Waals surface area contributed by atoms with Crippen LogP contribution in [0.2, 0.25) is 5.02 Å². The number of hydrogen-bond acceptors (Lipinski definition) is 7. The quantitative estimate of drug-likeness (QED) is 0.415. The molecule has 33 heavy (non-hydrogen) atoms. The summed E-state index contributed by atoms with van der Waals surface area (Å²) < 4.78 is 18.4. The Hall–Kier alpha value is -3.49. The maximum Gasteiger partial charge on any atom is 0.324 e. The summed E-state index contributed by atoms with van der Waals surface area (Å²) >= 11 is 6.04. The van der Waals surface area contributed by atoms with Crippen LogP contribution in [0.15, 0.2) is 59.5 Å². The number of ether oxygens (including phenoxy) is 3. The number of hydrogen-bond donors (Lipinski definition) is 0. The summed E-state index contributed by atoms with van der Waals surface area (Å²) in [6.45, 7) is 1.06. The molecule has 1 aliphatic heterocycles. The van der Waals surface area contributed by atoms with E-state index < -0.39 is 0 Å². The largest absolute Gasteiger partial charge is 0.497 e. The van der Waals surface area contributed by atoms with Crippen molar-refractivity contribution in [2.75, 3.05) is 13.7 Å². The smallest absolute Gasteiger partial charge is 0.324 e. The molecule has 0 saturated carbocycles. The third kappa shape index (κ3) is 4.53. The minimum Gasteiger partial charge on any atom is -0.497 e. The topological polar surface area (TPSA) is 88.4 Å². The zero-order chi connectivity index (χ0) is 22.8. The number of methoxy groups -OCH3 is 1. The molecule has 0 unspecified atom stereocenters. The van der Waals surface area contributed by atoms with Crippen molar-refractivity contribution in [2.24, 2.45) is 0 Å². The second kappa shape index (κ2) is 9.17. The lowest BCUT2D eigenvalue weighted by molar-refractivity contribution is 0.0970. The van der Waals surface area contributed by atoms with Crippen LogP contribution < -0.4 is 15.0 Å². The third-order valence-electron chi connectivity index (χ3n) is 5.44. The van der Waals surface area contributed by atoms with Crippen molar-refractivity contribution in [3.63, 3.8) is 0 Å². The first-order valence-corrected chi connectivity index (χ1v) is 11.0. The van der Waals surface area contributed by atoms with E-state index in [1.807, 2.05) is 12.1 Å². The molecule has 9 heteroatoms. The summed E-state index contributed by atoms with van der Waals surface area (Å²) in [6.07, 6.45) is 3.33. The number of fused-ring (bicyclic) bond motifs is 1. The molecule has 1 aliphatic rings. The van der Waals surface area contributed by atoms with Crippen molar-refractivity contribution in [1.29, 1.82) is 0 Å². The van der Waals surface area contributed by atoms with E-state index >= 15 is 0 Å². The normalized spacial score (nSPS) is 15.6. The number of rotatable bonds is 6. The van der Waals surface area contributed by atoms with Crippen LogP contribution in [-0.2, 0) is 11.3 Å². The third-order valence-corrected chi connectivity index (χ3v) is 5.68. The predicted molar refractivity (Wildman–Crippen MR) is 124 cm³/mol. The molecule has 168 valence electrons. The van der Waals surface area contributed by atoms with Gasteiger partial charge in [0.1, 0.15) is 22.7 Å². The first-order valence-electron chi connectivity index (χ1n) is 10.6. The highest BCUT2D eigenvalue weighted by Crippen LogP contribution is 2.25. The van der Waals surface area contributed by atoms with Crippen LogP contribution >= 0.6 is 11.6 Å². The Labute approximate surface area is 194 Å². The summed E-state index contributed by atoms with van der Waals surface area (Å²) in [5.41, 5.74) is 1.62. The molecule has 3 heterocycles. The molecule has 5 rings (SSSR count). The van der Waals surface area contributed by atoms with Crippen molar-refractivity contribution in [1.82, 2.24) is 19.5 Å². The van der Waals surface area contributed by atoms with Gasteiger partial charge in [0.25, 0.3) is 5.56 Å². The highest BCUT2D eigenvalue weighted by molar-refractivity contribution is 6.30. The number of benzene rings is 2. The minimum atomic E-state index is -0.254. The van der Waals surface area contributed by atoms with Gasteiger partial charge in [0, 0.05) is 17.2 Å². The molecule has 2 aromatic heterocycles. The van der Waals surface area contributed by atoms with Crippen molar-refractivity contribution >= 4 is 22.8 Å². The minimum absolute atomic E-state index is 0.0655. The molecular formula is C24H21ClN4O4. The summed E-state index contributed by atoms with van der Waals surface area (Å²) in [7, 11) is 1.60. The van der Waals surface area contributed by atoms with E-state index in [1.165, 1.54) is 0 Å². The average Bonchev–Trinajstić information content (AvgIpc) is 3.34. The first kappa shape index (κ1) is 21.4. The predicted octanol–water partition coefficient (Wildman–Crippen LogP) is 4.49. The first-order chi connectivity index (χ1) is 16.1. The Morgan fingerprint density at radius 2 is 2.00 bits per heavy atom. The zero-order valence-corrected chi connectivity index (χ0v) is 18.7. The van der Waals surface area contributed by atoms with Crippen LogP contribution in [0.4, 0.5) is 0 Å². The molecule has 0 N–H and O–H groups in total. The molecule has 1 atom stereocenters. The second-order valence-corrected chi connectivity index (χ2v) is 8.10. The lowest BCUT2D eigenvalue weighted by atomic mass is 10.1. The van der Waals surface area contributed by atoms with Crippen LogP contribution in [0.3, 0.4) is 0 Å². The number of halogens is 1. The lowest BCUT2D eigenvalue weighted by Gasteiger charge is -2.16. The van der Waals surface area contributed by atoms with E-state index in [1.54, 1.807) is 54.3 Å². The molecule has 4 aromatic rings. The molecule has 0 bridgehead atoms. The molecule has 0 amide bonds. The average molecular weight is 465 g/mol. The molecule has 1 saturated heterocycles. The highest BCUT2D eigenvalue weighted by atomic mass is 35.5. The fraction of sp³-hybridized carbons (Fsp3) is 0.250. The van der Waals surface area contributed by atoms with Gasteiger partial charge in [0.2, 0.25) is 0 Å². The van der Waals surface area contributed by atoms with Crippen LogP contribution in [0, 0.1) is 0 Å². The summed E-state index contributed by atoms with van der Waals surface area (Å²) in [5, 5.41) is 0.536. The summed E-state index contributed by atoms with van der Waals surface area (Å²) in [6, 6.07) is 14.2. The van der Waals surface area contributed by atoms with Crippen LogP contribution in [0.5, 0.6) is 17.5 Å². The fourth-order valence-electron chi connectivity index (χ4n) is 3.80. The van der Waals surface area contributed by atoms with E-state index in [4.69, 9.17) is 25.8 Å². The van der Waals surface area contributed by atoms with Gasteiger partial charge < -0.3 is 14.2 Å². The van der Waals surface area contributed by atoms with Gasteiger partial charge in [-0.25, -0.2) is 9.97 Å². The van der Waals surface area contributed by atoms with E-state index in [0.717, 1.165) is 12.8 Å². The van der Waals surface area contributed by atoms with Gasteiger partial charge in [-0.05, 0) is 55.3 Å². The van der Waals surface area contributed by atoms with E-state index in [9.17, 15) is 4.79 Å². The number of nitrogens with zero attached hydrogens (tertiary/aromatic N) is 4. The Morgan fingerprint density at radius 3 is 2.73 bits per heavy atom. The van der Waals surface area contributed by atoms with Gasteiger partial charge in [-0.15, -0.1) is 0 Å². The lowest BCUT2D eigenvalue weighted by Crippen LogP contribution is -2.29. The van der Waals surface area contributed by atoms with Gasteiger partial charge in [0.05, 0.1) is 26.0 Å². The maximum absolute atomic E-state index is 13.5. The SMILES string of the molecule is COc1ccc(-c2nc3cnc(Oc4cccc(Cl)c4)nc3n(C[C@H]3CCCO3)c2=O)cc1. The van der Waals surface area contributed by atoms with Gasteiger partial charge in [0.15, 0.2) is 5.65 Å². The van der Waals surface area contributed by atoms with Crippen LogP contribution in [-0.4, -0.2) is 39.3 Å². The Balaban J connectivity index is 1.61.